The molecule has 6 heteroatoms. The molecule has 6 nitrogen and oxygen atoms in total. The zero-order valence-corrected chi connectivity index (χ0v) is 10.6. The van der Waals surface area contributed by atoms with Gasteiger partial charge in [0.05, 0.1) is 12.1 Å². The van der Waals surface area contributed by atoms with Crippen LogP contribution in [0, 0.1) is 0 Å². The molecule has 0 bridgehead atoms. The van der Waals surface area contributed by atoms with Gasteiger partial charge in [0.2, 0.25) is 5.91 Å². The first-order chi connectivity index (χ1) is 8.58. The van der Waals surface area contributed by atoms with Gasteiger partial charge in [-0.2, -0.15) is 5.10 Å². The summed E-state index contributed by atoms with van der Waals surface area (Å²) in [5, 5.41) is 17.8. The van der Waals surface area contributed by atoms with Gasteiger partial charge in [-0.25, -0.2) is 5.01 Å². The highest BCUT2D eigenvalue weighted by Gasteiger charge is 2.28. The van der Waals surface area contributed by atoms with Crippen molar-refractivity contribution in [2.24, 2.45) is 5.10 Å². The molecule has 0 radical (unpaired) electrons. The maximum absolute atomic E-state index is 12.0. The first-order valence-corrected chi connectivity index (χ1v) is 6.41. The first-order valence-electron chi connectivity index (χ1n) is 6.41. The van der Waals surface area contributed by atoms with E-state index in [1.165, 1.54) is 5.01 Å². The second-order valence-electron chi connectivity index (χ2n) is 4.90. The molecule has 18 heavy (non-hydrogen) atoms. The summed E-state index contributed by atoms with van der Waals surface area (Å²) in [7, 11) is 1.55. The number of carbonyl (C=O) groups is 2. The summed E-state index contributed by atoms with van der Waals surface area (Å²) in [5.74, 6) is -0.343. The minimum atomic E-state index is -0.466. The quantitative estimate of drug-likeness (QED) is 0.727. The summed E-state index contributed by atoms with van der Waals surface area (Å²) in [6, 6.07) is -0.183. The van der Waals surface area contributed by atoms with Gasteiger partial charge in [-0.15, -0.1) is 0 Å². The number of aliphatic hydroxyl groups is 1. The normalized spacial score (nSPS) is 28.9. The molecule has 0 unspecified atom stereocenters. The van der Waals surface area contributed by atoms with E-state index in [-0.39, 0.29) is 17.9 Å². The standard InChI is InChI=1S/C12H19N3O3/c1-15-11(17)7-6-9(14-15)12(18)13-8-4-2-3-5-10(8)16/h8,10,16H,2-7H2,1H3,(H,13,18)/t8-,10-/m0/s1. The van der Waals surface area contributed by atoms with Crippen molar-refractivity contribution in [1.29, 1.82) is 0 Å². The van der Waals surface area contributed by atoms with Crippen molar-refractivity contribution >= 4 is 17.5 Å². The number of amides is 2. The van der Waals surface area contributed by atoms with Gasteiger partial charge in [-0.05, 0) is 12.8 Å². The number of nitrogens with zero attached hydrogens (tertiary/aromatic N) is 2. The van der Waals surface area contributed by atoms with Crippen LogP contribution < -0.4 is 5.32 Å². The molecule has 2 amide bonds. The van der Waals surface area contributed by atoms with E-state index in [4.69, 9.17) is 0 Å². The Hall–Kier alpha value is -1.43. The van der Waals surface area contributed by atoms with Crippen LogP contribution in [0.2, 0.25) is 0 Å². The second kappa shape index (κ2) is 5.48. The van der Waals surface area contributed by atoms with Crippen molar-refractivity contribution in [1.82, 2.24) is 10.3 Å². The van der Waals surface area contributed by atoms with Crippen molar-refractivity contribution in [3.63, 3.8) is 0 Å². The summed E-state index contributed by atoms with van der Waals surface area (Å²) in [6.07, 6.45) is 3.78. The van der Waals surface area contributed by atoms with Gasteiger partial charge in [0.1, 0.15) is 5.71 Å². The van der Waals surface area contributed by atoms with Crippen molar-refractivity contribution in [3.8, 4) is 0 Å². The molecule has 1 fully saturated rings. The molecule has 1 heterocycles. The number of nitrogens with one attached hydrogen (secondary N) is 1. The highest BCUT2D eigenvalue weighted by atomic mass is 16.3. The monoisotopic (exact) mass is 253 g/mol. The van der Waals surface area contributed by atoms with E-state index >= 15 is 0 Å². The SMILES string of the molecule is CN1N=C(C(=O)N[C@H]2CCCC[C@@H]2O)CCC1=O. The highest BCUT2D eigenvalue weighted by Crippen LogP contribution is 2.18. The smallest absolute Gasteiger partial charge is 0.267 e. The van der Waals surface area contributed by atoms with E-state index in [1.807, 2.05) is 0 Å². The predicted molar refractivity (Wildman–Crippen MR) is 65.8 cm³/mol. The second-order valence-corrected chi connectivity index (χ2v) is 4.90. The van der Waals surface area contributed by atoms with E-state index in [0.717, 1.165) is 25.7 Å². The number of hydrogen-bond donors (Lipinski definition) is 2. The minimum absolute atomic E-state index is 0.0794. The summed E-state index contributed by atoms with van der Waals surface area (Å²) in [5.41, 5.74) is 0.370. The number of carbonyl (C=O) groups excluding carboxylic acids is 2. The third kappa shape index (κ3) is 2.87. The van der Waals surface area contributed by atoms with Crippen LogP contribution in [-0.4, -0.2) is 46.8 Å². The number of aliphatic hydroxyl groups excluding tert-OH is 1. The Morgan fingerprint density at radius 1 is 1.39 bits per heavy atom. The van der Waals surface area contributed by atoms with Crippen LogP contribution in [0.15, 0.2) is 5.10 Å². The maximum Gasteiger partial charge on any atom is 0.267 e. The van der Waals surface area contributed by atoms with Gasteiger partial charge in [0, 0.05) is 19.9 Å². The third-order valence-electron chi connectivity index (χ3n) is 3.52. The number of hydrazone groups is 1. The zero-order valence-electron chi connectivity index (χ0n) is 10.6. The third-order valence-corrected chi connectivity index (χ3v) is 3.52. The molecule has 0 aromatic rings. The van der Waals surface area contributed by atoms with Gasteiger partial charge in [-0.3, -0.25) is 9.59 Å². The largest absolute Gasteiger partial charge is 0.391 e. The molecule has 100 valence electrons. The van der Waals surface area contributed by atoms with Gasteiger partial charge >= 0.3 is 0 Å². The molecular formula is C12H19N3O3. The number of rotatable bonds is 2. The fourth-order valence-electron chi connectivity index (χ4n) is 2.36. The van der Waals surface area contributed by atoms with Gasteiger partial charge < -0.3 is 10.4 Å². The molecule has 1 saturated carbocycles. The van der Waals surface area contributed by atoms with E-state index in [0.29, 0.717) is 18.6 Å². The molecule has 0 saturated heterocycles. The van der Waals surface area contributed by atoms with Crippen molar-refractivity contribution in [2.45, 2.75) is 50.7 Å². The lowest BCUT2D eigenvalue weighted by atomic mass is 9.92. The van der Waals surface area contributed by atoms with Crippen LogP contribution >= 0.6 is 0 Å². The summed E-state index contributed by atoms with van der Waals surface area (Å²) < 4.78 is 0. The molecule has 2 N–H and O–H groups in total. The Kier molecular flexibility index (Phi) is 3.96. The summed E-state index contributed by atoms with van der Waals surface area (Å²) >= 11 is 0. The van der Waals surface area contributed by atoms with Gasteiger partial charge in [0.25, 0.3) is 5.91 Å². The Labute approximate surface area is 106 Å². The van der Waals surface area contributed by atoms with Crippen LogP contribution in [0.1, 0.15) is 38.5 Å². The molecule has 0 aromatic carbocycles. The zero-order chi connectivity index (χ0) is 13.1. The maximum atomic E-state index is 12.0. The molecule has 0 aromatic heterocycles. The van der Waals surface area contributed by atoms with Crippen molar-refractivity contribution in [3.05, 3.63) is 0 Å². The lowest BCUT2D eigenvalue weighted by Crippen LogP contribution is -2.48. The molecule has 0 spiro atoms. The average Bonchev–Trinajstić information content (AvgIpc) is 2.35. The van der Waals surface area contributed by atoms with E-state index in [9.17, 15) is 14.7 Å². The van der Waals surface area contributed by atoms with Crippen LogP contribution in [0.3, 0.4) is 0 Å². The molecule has 1 aliphatic carbocycles. The predicted octanol–water partition coefficient (Wildman–Crippen LogP) is 0.0143. The van der Waals surface area contributed by atoms with Crippen LogP contribution in [-0.2, 0) is 9.59 Å². The minimum Gasteiger partial charge on any atom is -0.391 e. The molecule has 2 rings (SSSR count). The highest BCUT2D eigenvalue weighted by molar-refractivity contribution is 6.39. The Morgan fingerprint density at radius 3 is 2.78 bits per heavy atom. The van der Waals surface area contributed by atoms with Crippen LogP contribution in [0.4, 0.5) is 0 Å². The number of hydrogen-bond acceptors (Lipinski definition) is 4. The van der Waals surface area contributed by atoms with Crippen LogP contribution in [0.5, 0.6) is 0 Å². The fourth-order valence-corrected chi connectivity index (χ4v) is 2.36. The lowest BCUT2D eigenvalue weighted by molar-refractivity contribution is -0.130. The fraction of sp³-hybridized carbons (Fsp3) is 0.750. The summed E-state index contributed by atoms with van der Waals surface area (Å²) in [4.78, 5) is 23.2. The molecular weight excluding hydrogens is 234 g/mol. The Balaban J connectivity index is 1.95. The Bertz CT molecular complexity index is 381. The Morgan fingerprint density at radius 2 is 2.11 bits per heavy atom. The first kappa shape index (κ1) is 13.0. The average molecular weight is 253 g/mol. The topological polar surface area (TPSA) is 82.0 Å². The van der Waals surface area contributed by atoms with Crippen molar-refractivity contribution in [2.75, 3.05) is 7.05 Å². The molecule has 2 atom stereocenters. The van der Waals surface area contributed by atoms with E-state index in [1.54, 1.807) is 7.05 Å². The van der Waals surface area contributed by atoms with Crippen molar-refractivity contribution < 1.29 is 14.7 Å². The van der Waals surface area contributed by atoms with Gasteiger partial charge in [-0.1, -0.05) is 12.8 Å². The van der Waals surface area contributed by atoms with E-state index in [2.05, 4.69) is 10.4 Å². The molecule has 2 aliphatic rings. The van der Waals surface area contributed by atoms with E-state index < -0.39 is 6.10 Å². The van der Waals surface area contributed by atoms with Crippen LogP contribution in [0.25, 0.3) is 0 Å². The van der Waals surface area contributed by atoms with Gasteiger partial charge in [0.15, 0.2) is 0 Å². The summed E-state index contributed by atoms with van der Waals surface area (Å²) in [6.45, 7) is 0. The molecule has 1 aliphatic heterocycles. The lowest BCUT2D eigenvalue weighted by Gasteiger charge is -2.29.